The maximum Gasteiger partial charge on any atom is 0.326 e. The van der Waals surface area contributed by atoms with Crippen LogP contribution < -0.4 is 0 Å². The number of carbonyl (C=O) groups excluding carboxylic acids is 2. The molecule has 0 saturated carbocycles. The average Bonchev–Trinajstić information content (AvgIpc) is 2.74. The van der Waals surface area contributed by atoms with E-state index >= 15 is 0 Å². The summed E-state index contributed by atoms with van der Waals surface area (Å²) < 4.78 is 0. The molecule has 1 saturated heterocycles. The van der Waals surface area contributed by atoms with E-state index < -0.39 is 18.1 Å². The normalized spacial score (nSPS) is 18.6. The van der Waals surface area contributed by atoms with E-state index in [0.29, 0.717) is 19.4 Å². The minimum atomic E-state index is -1.05. The Hall–Kier alpha value is -1.59. The molecule has 0 bridgehead atoms. The molecule has 0 unspecified atom stereocenters. The van der Waals surface area contributed by atoms with Gasteiger partial charge in [-0.1, -0.05) is 6.92 Å². The van der Waals surface area contributed by atoms with Gasteiger partial charge >= 0.3 is 5.97 Å². The Morgan fingerprint density at radius 1 is 1.50 bits per heavy atom. The molecule has 2 amide bonds. The van der Waals surface area contributed by atoms with Gasteiger partial charge in [-0.15, -0.1) is 0 Å². The van der Waals surface area contributed by atoms with Crippen molar-refractivity contribution in [2.24, 2.45) is 0 Å². The van der Waals surface area contributed by atoms with Crippen molar-refractivity contribution in [3.05, 3.63) is 0 Å². The Labute approximate surface area is 107 Å². The summed E-state index contributed by atoms with van der Waals surface area (Å²) in [5, 5.41) is 8.90. The highest BCUT2D eigenvalue weighted by molar-refractivity contribution is 5.90. The molecule has 1 fully saturated rings. The van der Waals surface area contributed by atoms with E-state index in [1.54, 1.807) is 4.90 Å². The Kier molecular flexibility index (Phi) is 4.69. The van der Waals surface area contributed by atoms with Gasteiger partial charge in [0.1, 0.15) is 12.1 Å². The topological polar surface area (TPSA) is 77.9 Å². The molecule has 6 heteroatoms. The van der Waals surface area contributed by atoms with Crippen molar-refractivity contribution in [3.8, 4) is 0 Å². The third-order valence-corrected chi connectivity index (χ3v) is 3.44. The summed E-state index contributed by atoms with van der Waals surface area (Å²) in [6.45, 7) is 3.87. The summed E-state index contributed by atoms with van der Waals surface area (Å²) in [5.41, 5.74) is 0. The lowest BCUT2D eigenvalue weighted by Crippen LogP contribution is -2.51. The van der Waals surface area contributed by atoms with Crippen molar-refractivity contribution in [2.45, 2.75) is 45.2 Å². The highest BCUT2D eigenvalue weighted by Gasteiger charge is 2.35. The largest absolute Gasteiger partial charge is 0.480 e. The standard InChI is InChI=1S/C12H20N2O4/c1-4-9(14-7-5-6-10(14)15)11(16)13(3)8(2)12(17)18/h8-9H,4-7H2,1-3H3,(H,17,18)/t8-,9+/m1/s1. The SMILES string of the molecule is CC[C@@H](C(=O)N(C)[C@H](C)C(=O)O)N1CCCC1=O. The van der Waals surface area contributed by atoms with Crippen LogP contribution in [0.2, 0.25) is 0 Å². The second-order valence-electron chi connectivity index (χ2n) is 4.58. The first kappa shape index (κ1) is 14.5. The van der Waals surface area contributed by atoms with Crippen molar-refractivity contribution < 1.29 is 19.5 Å². The number of rotatable bonds is 5. The summed E-state index contributed by atoms with van der Waals surface area (Å²) in [7, 11) is 1.46. The van der Waals surface area contributed by atoms with Gasteiger partial charge in [-0.2, -0.15) is 0 Å². The number of amides is 2. The van der Waals surface area contributed by atoms with E-state index in [2.05, 4.69) is 0 Å². The second-order valence-corrected chi connectivity index (χ2v) is 4.58. The van der Waals surface area contributed by atoms with Crippen LogP contribution in [0.3, 0.4) is 0 Å². The van der Waals surface area contributed by atoms with Crippen molar-refractivity contribution >= 4 is 17.8 Å². The van der Waals surface area contributed by atoms with E-state index in [0.717, 1.165) is 6.42 Å². The molecule has 0 aliphatic carbocycles. The molecular formula is C12H20N2O4. The van der Waals surface area contributed by atoms with Crippen molar-refractivity contribution in [1.29, 1.82) is 0 Å². The van der Waals surface area contributed by atoms with Crippen LogP contribution in [0.25, 0.3) is 0 Å². The number of likely N-dealkylation sites (N-methyl/N-ethyl adjacent to an activating group) is 1. The third-order valence-electron chi connectivity index (χ3n) is 3.44. The Morgan fingerprint density at radius 3 is 2.50 bits per heavy atom. The van der Waals surface area contributed by atoms with Gasteiger partial charge in [0.15, 0.2) is 0 Å². The number of hydrogen-bond acceptors (Lipinski definition) is 3. The Bertz CT molecular complexity index is 356. The van der Waals surface area contributed by atoms with Crippen molar-refractivity contribution in [1.82, 2.24) is 9.80 Å². The maximum atomic E-state index is 12.2. The molecule has 102 valence electrons. The number of likely N-dealkylation sites (tertiary alicyclic amines) is 1. The molecular weight excluding hydrogens is 236 g/mol. The quantitative estimate of drug-likeness (QED) is 0.768. The van der Waals surface area contributed by atoms with E-state index in [1.165, 1.54) is 18.9 Å². The molecule has 6 nitrogen and oxygen atoms in total. The molecule has 1 aliphatic rings. The molecule has 0 radical (unpaired) electrons. The summed E-state index contributed by atoms with van der Waals surface area (Å²) in [6.07, 6.45) is 1.74. The minimum Gasteiger partial charge on any atom is -0.480 e. The van der Waals surface area contributed by atoms with E-state index in [-0.39, 0.29) is 11.8 Å². The molecule has 0 spiro atoms. The van der Waals surface area contributed by atoms with Crippen molar-refractivity contribution in [3.63, 3.8) is 0 Å². The number of carbonyl (C=O) groups is 3. The van der Waals surface area contributed by atoms with Gasteiger partial charge in [0.05, 0.1) is 0 Å². The van der Waals surface area contributed by atoms with Crippen LogP contribution in [0.4, 0.5) is 0 Å². The lowest BCUT2D eigenvalue weighted by molar-refractivity contribution is -0.152. The van der Waals surface area contributed by atoms with Crippen LogP contribution in [-0.4, -0.2) is 58.4 Å². The smallest absolute Gasteiger partial charge is 0.326 e. The van der Waals surface area contributed by atoms with Crippen LogP contribution in [0, 0.1) is 0 Å². The van der Waals surface area contributed by atoms with Crippen LogP contribution in [0.5, 0.6) is 0 Å². The van der Waals surface area contributed by atoms with E-state index in [1.807, 2.05) is 6.92 Å². The van der Waals surface area contributed by atoms with E-state index in [4.69, 9.17) is 5.11 Å². The highest BCUT2D eigenvalue weighted by atomic mass is 16.4. The molecule has 1 rings (SSSR count). The fourth-order valence-electron chi connectivity index (χ4n) is 2.12. The molecule has 0 aromatic carbocycles. The Balaban J connectivity index is 2.79. The highest BCUT2D eigenvalue weighted by Crippen LogP contribution is 2.18. The van der Waals surface area contributed by atoms with Crippen LogP contribution in [0.1, 0.15) is 33.1 Å². The zero-order valence-electron chi connectivity index (χ0n) is 11.0. The molecule has 0 aromatic rings. The van der Waals surface area contributed by atoms with Crippen LogP contribution in [-0.2, 0) is 14.4 Å². The van der Waals surface area contributed by atoms with E-state index in [9.17, 15) is 14.4 Å². The summed E-state index contributed by atoms with van der Waals surface area (Å²) in [6, 6.07) is -1.42. The number of hydrogen-bond donors (Lipinski definition) is 1. The van der Waals surface area contributed by atoms with Crippen LogP contribution in [0.15, 0.2) is 0 Å². The minimum absolute atomic E-state index is 0.0217. The number of aliphatic carboxylic acids is 1. The summed E-state index contributed by atoms with van der Waals surface area (Å²) in [5.74, 6) is -1.37. The molecule has 18 heavy (non-hydrogen) atoms. The molecule has 1 N–H and O–H groups in total. The van der Waals surface area contributed by atoms with Gasteiger partial charge in [-0.25, -0.2) is 4.79 Å². The number of carboxylic acids is 1. The number of nitrogens with zero attached hydrogens (tertiary/aromatic N) is 2. The van der Waals surface area contributed by atoms with Gasteiger partial charge in [-0.05, 0) is 19.8 Å². The number of carboxylic acid groups (broad SMARTS) is 1. The predicted molar refractivity (Wildman–Crippen MR) is 64.9 cm³/mol. The zero-order chi connectivity index (χ0) is 13.9. The van der Waals surface area contributed by atoms with Gasteiger partial charge < -0.3 is 14.9 Å². The van der Waals surface area contributed by atoms with Gasteiger partial charge in [-0.3, -0.25) is 9.59 Å². The lowest BCUT2D eigenvalue weighted by Gasteiger charge is -2.31. The first-order valence-corrected chi connectivity index (χ1v) is 6.19. The van der Waals surface area contributed by atoms with Gasteiger partial charge in [0.25, 0.3) is 0 Å². The maximum absolute atomic E-state index is 12.2. The van der Waals surface area contributed by atoms with Crippen LogP contribution >= 0.6 is 0 Å². The average molecular weight is 256 g/mol. The van der Waals surface area contributed by atoms with Gasteiger partial charge in [0, 0.05) is 20.0 Å². The predicted octanol–water partition coefficient (Wildman–Crippen LogP) is 0.319. The fourth-order valence-corrected chi connectivity index (χ4v) is 2.12. The van der Waals surface area contributed by atoms with Gasteiger partial charge in [0.2, 0.25) is 11.8 Å². The molecule has 1 heterocycles. The lowest BCUT2D eigenvalue weighted by atomic mass is 10.1. The zero-order valence-corrected chi connectivity index (χ0v) is 11.0. The molecule has 0 aromatic heterocycles. The summed E-state index contributed by atoms with van der Waals surface area (Å²) >= 11 is 0. The van der Waals surface area contributed by atoms with Crippen molar-refractivity contribution in [2.75, 3.05) is 13.6 Å². The molecule has 2 atom stereocenters. The monoisotopic (exact) mass is 256 g/mol. The fraction of sp³-hybridized carbons (Fsp3) is 0.750. The third kappa shape index (κ3) is 2.80. The Morgan fingerprint density at radius 2 is 2.11 bits per heavy atom. The first-order valence-electron chi connectivity index (χ1n) is 6.19. The molecule has 1 aliphatic heterocycles. The summed E-state index contributed by atoms with van der Waals surface area (Å²) in [4.78, 5) is 37.5. The second kappa shape index (κ2) is 5.84. The first-order chi connectivity index (χ1) is 8.40.